The van der Waals surface area contributed by atoms with Gasteiger partial charge in [-0.3, -0.25) is 4.90 Å². The zero-order chi connectivity index (χ0) is 24.6. The van der Waals surface area contributed by atoms with E-state index in [0.29, 0.717) is 31.3 Å². The van der Waals surface area contributed by atoms with Crippen molar-refractivity contribution in [2.24, 2.45) is 0 Å². The average molecular weight is 468 g/mol. The van der Waals surface area contributed by atoms with Crippen LogP contribution in [0.3, 0.4) is 0 Å². The van der Waals surface area contributed by atoms with Gasteiger partial charge in [-0.25, -0.2) is 35.1 Å². The Kier molecular flexibility index (Phi) is 10.8. The minimum atomic E-state index is -1.74. The second-order valence-electron chi connectivity index (χ2n) is 6.39. The molecule has 2 aliphatic rings. The monoisotopic (exact) mass is 468 g/mol. The molecule has 2 nitrogen and oxygen atoms in total. The molecule has 4 rings (SSSR count). The first kappa shape index (κ1) is 27.6. The molecular weight excluding hydrogens is 444 g/mol. The molecule has 2 aliphatic heterocycles. The standard InChI is InChI=1S/C10H10F3N.C8H5F4N.C2H3F.C2H6/c1-2-14-4-6-7(5-14)10(13)9(12)3-8(6)11;9-5-3-1-13-2-4(3)6(10)8(12)7(5)11;1-2-3;1-2/h3H,2,4-5H2,1H3;13H,1-2H2;2H,1H2;1-2H3. The van der Waals surface area contributed by atoms with Crippen LogP contribution >= 0.6 is 0 Å². The third kappa shape index (κ3) is 5.86. The Bertz CT molecular complexity index is 912. The maximum absolute atomic E-state index is 13.2. The predicted octanol–water partition coefficient (Wildman–Crippen LogP) is 6.41. The van der Waals surface area contributed by atoms with Crippen LogP contribution in [0, 0.1) is 40.7 Å². The zero-order valence-electron chi connectivity index (χ0n) is 17.9. The van der Waals surface area contributed by atoms with Crippen LogP contribution in [0.15, 0.2) is 19.0 Å². The van der Waals surface area contributed by atoms with Gasteiger partial charge in [0.1, 0.15) is 5.82 Å². The van der Waals surface area contributed by atoms with Crippen LogP contribution in [0.5, 0.6) is 0 Å². The van der Waals surface area contributed by atoms with E-state index >= 15 is 0 Å². The summed E-state index contributed by atoms with van der Waals surface area (Å²) in [6.07, 6.45) is 0.250. The van der Waals surface area contributed by atoms with Crippen molar-refractivity contribution in [3.63, 3.8) is 0 Å². The van der Waals surface area contributed by atoms with Crippen molar-refractivity contribution in [1.82, 2.24) is 10.2 Å². The Balaban J connectivity index is 0.000000268. The van der Waals surface area contributed by atoms with Crippen LogP contribution in [0.25, 0.3) is 0 Å². The molecule has 0 saturated heterocycles. The summed E-state index contributed by atoms with van der Waals surface area (Å²) < 4.78 is 100. The summed E-state index contributed by atoms with van der Waals surface area (Å²) in [5.74, 6) is -8.70. The van der Waals surface area contributed by atoms with E-state index in [1.807, 2.05) is 25.7 Å². The van der Waals surface area contributed by atoms with Crippen LogP contribution < -0.4 is 5.32 Å². The maximum Gasteiger partial charge on any atom is 0.197 e. The SMILES string of the molecule is C=CF.CC.CCN1Cc2c(F)cc(F)c(F)c2C1.Fc1c(F)c(F)c2c(c1F)CNC2. The summed E-state index contributed by atoms with van der Waals surface area (Å²) in [6, 6.07) is 0.618. The van der Waals surface area contributed by atoms with Crippen molar-refractivity contribution < 1.29 is 35.1 Å². The van der Waals surface area contributed by atoms with E-state index in [0.717, 1.165) is 0 Å². The number of benzene rings is 2. The van der Waals surface area contributed by atoms with E-state index in [9.17, 15) is 35.1 Å². The van der Waals surface area contributed by atoms with E-state index in [4.69, 9.17) is 0 Å². The normalized spacial score (nSPS) is 13.6. The largest absolute Gasteiger partial charge is 0.308 e. The molecule has 1 N–H and O–H groups in total. The van der Waals surface area contributed by atoms with Crippen LogP contribution in [-0.2, 0) is 26.2 Å². The van der Waals surface area contributed by atoms with Gasteiger partial charge >= 0.3 is 0 Å². The molecule has 0 aliphatic carbocycles. The third-order valence-corrected chi connectivity index (χ3v) is 4.67. The Morgan fingerprint density at radius 1 is 0.781 bits per heavy atom. The molecule has 2 heterocycles. The molecule has 178 valence electrons. The first-order chi connectivity index (χ1) is 15.2. The lowest BCUT2D eigenvalue weighted by Gasteiger charge is -2.09. The number of nitrogens with one attached hydrogen (secondary N) is 1. The van der Waals surface area contributed by atoms with Gasteiger partial charge in [-0.2, -0.15) is 0 Å². The maximum atomic E-state index is 13.2. The van der Waals surface area contributed by atoms with Crippen LogP contribution in [0.1, 0.15) is 43.0 Å². The van der Waals surface area contributed by atoms with E-state index in [1.54, 1.807) is 0 Å². The molecule has 32 heavy (non-hydrogen) atoms. The second-order valence-corrected chi connectivity index (χ2v) is 6.39. The van der Waals surface area contributed by atoms with Gasteiger partial charge in [-0.15, -0.1) is 0 Å². The minimum Gasteiger partial charge on any atom is -0.308 e. The van der Waals surface area contributed by atoms with Crippen molar-refractivity contribution in [1.29, 1.82) is 0 Å². The molecule has 0 radical (unpaired) electrons. The first-order valence-electron chi connectivity index (χ1n) is 9.80. The molecule has 0 fully saturated rings. The summed E-state index contributed by atoms with van der Waals surface area (Å²) in [7, 11) is 0. The zero-order valence-corrected chi connectivity index (χ0v) is 17.9. The molecule has 0 unspecified atom stereocenters. The highest BCUT2D eigenvalue weighted by Gasteiger charge is 2.28. The fourth-order valence-electron chi connectivity index (χ4n) is 3.15. The van der Waals surface area contributed by atoms with E-state index in [2.05, 4.69) is 11.9 Å². The van der Waals surface area contributed by atoms with Gasteiger partial charge in [0.05, 0.1) is 6.33 Å². The minimum absolute atomic E-state index is 0.0370. The van der Waals surface area contributed by atoms with Gasteiger partial charge in [-0.05, 0) is 6.54 Å². The van der Waals surface area contributed by atoms with Gasteiger partial charge in [0.2, 0.25) is 0 Å². The highest BCUT2D eigenvalue weighted by molar-refractivity contribution is 5.35. The second kappa shape index (κ2) is 12.5. The number of hydrogen-bond donors (Lipinski definition) is 1. The molecule has 10 heteroatoms. The molecular formula is C22H24F8N2. The Morgan fingerprint density at radius 2 is 1.22 bits per heavy atom. The summed E-state index contributed by atoms with van der Waals surface area (Å²) in [5.41, 5.74) is 0.239. The predicted molar refractivity (Wildman–Crippen MR) is 106 cm³/mol. The van der Waals surface area contributed by atoms with Gasteiger partial charge < -0.3 is 5.32 Å². The first-order valence-corrected chi connectivity index (χ1v) is 9.80. The molecule has 0 bridgehead atoms. The van der Waals surface area contributed by atoms with Crippen molar-refractivity contribution >= 4 is 0 Å². The smallest absolute Gasteiger partial charge is 0.197 e. The van der Waals surface area contributed by atoms with Crippen LogP contribution in [0.4, 0.5) is 35.1 Å². The third-order valence-electron chi connectivity index (χ3n) is 4.67. The highest BCUT2D eigenvalue weighted by atomic mass is 19.2. The number of halogens is 8. The van der Waals surface area contributed by atoms with Crippen molar-refractivity contribution in [3.8, 4) is 0 Å². The van der Waals surface area contributed by atoms with Gasteiger partial charge in [0.15, 0.2) is 34.9 Å². The van der Waals surface area contributed by atoms with Gasteiger partial charge in [0, 0.05) is 54.5 Å². The lowest BCUT2D eigenvalue weighted by Crippen LogP contribution is -2.15. The number of fused-ring (bicyclic) bond motifs is 2. The Labute approximate surface area is 181 Å². The highest BCUT2D eigenvalue weighted by Crippen LogP contribution is 2.29. The quantitative estimate of drug-likeness (QED) is 0.296. The van der Waals surface area contributed by atoms with Crippen LogP contribution in [-0.4, -0.2) is 11.4 Å². The van der Waals surface area contributed by atoms with Crippen molar-refractivity contribution in [2.45, 2.75) is 47.0 Å². The number of rotatable bonds is 1. The fraction of sp³-hybridized carbons (Fsp3) is 0.364. The van der Waals surface area contributed by atoms with E-state index in [-0.39, 0.29) is 36.1 Å². The summed E-state index contributed by atoms with van der Waals surface area (Å²) in [5, 5.41) is 2.61. The molecule has 0 spiro atoms. The number of hydrogen-bond acceptors (Lipinski definition) is 2. The van der Waals surface area contributed by atoms with Crippen molar-refractivity contribution in [2.75, 3.05) is 6.54 Å². The summed E-state index contributed by atoms with van der Waals surface area (Å²) in [4.78, 5) is 1.86. The summed E-state index contributed by atoms with van der Waals surface area (Å²) in [6.45, 7) is 10.0. The fourth-order valence-corrected chi connectivity index (χ4v) is 3.15. The lowest BCUT2D eigenvalue weighted by atomic mass is 10.1. The van der Waals surface area contributed by atoms with Gasteiger partial charge in [-0.1, -0.05) is 27.4 Å². The van der Waals surface area contributed by atoms with Crippen molar-refractivity contribution in [3.05, 3.63) is 81.9 Å². The molecule has 0 aromatic heterocycles. The van der Waals surface area contributed by atoms with Gasteiger partial charge in [0.25, 0.3) is 0 Å². The summed E-state index contributed by atoms with van der Waals surface area (Å²) >= 11 is 0. The topological polar surface area (TPSA) is 15.3 Å². The molecule has 0 atom stereocenters. The lowest BCUT2D eigenvalue weighted by molar-refractivity contribution is 0.296. The van der Waals surface area contributed by atoms with Crippen LogP contribution in [0.2, 0.25) is 0 Å². The molecule has 2 aromatic carbocycles. The molecule has 2 aromatic rings. The molecule has 0 saturated carbocycles. The van der Waals surface area contributed by atoms with E-state index in [1.165, 1.54) is 0 Å². The Morgan fingerprint density at radius 3 is 1.66 bits per heavy atom. The molecule has 0 amide bonds. The average Bonchev–Trinajstić information content (AvgIpc) is 3.45. The Hall–Kier alpha value is -2.46. The number of nitrogens with zero attached hydrogens (tertiary/aromatic N) is 1. The van der Waals surface area contributed by atoms with E-state index < -0.39 is 40.7 Å².